The minimum absolute atomic E-state index is 0.151. The molecule has 0 spiro atoms. The smallest absolute Gasteiger partial charge is 0.344 e. The standard InChI is InChI=1S/C13H13N3OS/c17-13-16-15-12(8-18-13)11-7-3-5-9-4-1-2-6-10(9)14-11/h1-2,4,6,8,11,14H,3,5,7H2. The fourth-order valence-corrected chi connectivity index (χ4v) is 2.79. The summed E-state index contributed by atoms with van der Waals surface area (Å²) in [5.74, 6) is 0. The molecule has 18 heavy (non-hydrogen) atoms. The van der Waals surface area contributed by atoms with Crippen LogP contribution in [0.4, 0.5) is 5.69 Å². The van der Waals surface area contributed by atoms with E-state index in [1.165, 1.54) is 5.56 Å². The molecule has 3 rings (SSSR count). The number of hydrogen-bond donors (Lipinski definition) is 1. The zero-order valence-electron chi connectivity index (χ0n) is 9.80. The Kier molecular flexibility index (Phi) is 3.06. The first-order chi connectivity index (χ1) is 8.83. The molecule has 4 nitrogen and oxygen atoms in total. The topological polar surface area (TPSA) is 54.9 Å². The molecule has 0 aliphatic carbocycles. The van der Waals surface area contributed by atoms with E-state index < -0.39 is 0 Å². The van der Waals surface area contributed by atoms with Crippen LogP contribution in [-0.2, 0) is 6.42 Å². The van der Waals surface area contributed by atoms with Crippen molar-refractivity contribution in [1.29, 1.82) is 0 Å². The van der Waals surface area contributed by atoms with Gasteiger partial charge in [-0.1, -0.05) is 34.6 Å². The number of para-hydroxylation sites is 1. The average Bonchev–Trinajstić information content (AvgIpc) is 2.61. The molecule has 1 aromatic heterocycles. The number of hydrogen-bond acceptors (Lipinski definition) is 5. The average molecular weight is 259 g/mol. The lowest BCUT2D eigenvalue weighted by atomic mass is 10.1. The quantitative estimate of drug-likeness (QED) is 0.854. The maximum Gasteiger partial charge on any atom is 0.344 e. The molecule has 0 bridgehead atoms. The molecule has 0 radical (unpaired) electrons. The zero-order valence-corrected chi connectivity index (χ0v) is 10.6. The van der Waals surface area contributed by atoms with E-state index in [4.69, 9.17) is 0 Å². The van der Waals surface area contributed by atoms with Gasteiger partial charge < -0.3 is 5.32 Å². The number of nitrogens with zero attached hydrogens (tertiary/aromatic N) is 2. The summed E-state index contributed by atoms with van der Waals surface area (Å²) in [6.45, 7) is 0. The monoisotopic (exact) mass is 259 g/mol. The van der Waals surface area contributed by atoms with Gasteiger partial charge in [-0.25, -0.2) is 0 Å². The molecule has 0 amide bonds. The first kappa shape index (κ1) is 11.3. The molecular formula is C13H13N3OS. The molecule has 0 fully saturated rings. The van der Waals surface area contributed by atoms with Crippen LogP contribution in [0.5, 0.6) is 0 Å². The predicted molar refractivity (Wildman–Crippen MR) is 71.9 cm³/mol. The number of aromatic nitrogens is 2. The van der Waals surface area contributed by atoms with Gasteiger partial charge in [0.1, 0.15) is 0 Å². The lowest BCUT2D eigenvalue weighted by Gasteiger charge is -2.16. The van der Waals surface area contributed by atoms with E-state index in [1.54, 1.807) is 5.38 Å². The van der Waals surface area contributed by atoms with E-state index >= 15 is 0 Å². The SMILES string of the molecule is O=c1nnc(C2CCCc3ccccc3N2)cs1. The van der Waals surface area contributed by atoms with Crippen molar-refractivity contribution in [3.8, 4) is 0 Å². The molecule has 92 valence electrons. The van der Waals surface area contributed by atoms with Crippen molar-refractivity contribution in [2.45, 2.75) is 25.3 Å². The van der Waals surface area contributed by atoms with Gasteiger partial charge >= 0.3 is 4.87 Å². The number of anilines is 1. The molecule has 1 aliphatic rings. The van der Waals surface area contributed by atoms with Gasteiger partial charge in [-0.3, -0.25) is 4.79 Å². The summed E-state index contributed by atoms with van der Waals surface area (Å²) in [4.78, 5) is 10.8. The van der Waals surface area contributed by atoms with Gasteiger partial charge in [0.25, 0.3) is 0 Å². The van der Waals surface area contributed by atoms with Gasteiger partial charge in [0.2, 0.25) is 0 Å². The Morgan fingerprint density at radius 2 is 2.17 bits per heavy atom. The number of aryl methyl sites for hydroxylation is 1. The number of benzene rings is 1. The fraction of sp³-hybridized carbons (Fsp3) is 0.308. The van der Waals surface area contributed by atoms with Gasteiger partial charge in [-0.2, -0.15) is 0 Å². The Labute approximate surface area is 109 Å². The van der Waals surface area contributed by atoms with Crippen LogP contribution in [0.1, 0.15) is 30.1 Å². The molecule has 0 saturated heterocycles. The second-order valence-corrected chi connectivity index (χ2v) is 5.19. The molecule has 2 aromatic rings. The van der Waals surface area contributed by atoms with Crippen LogP contribution in [-0.4, -0.2) is 10.2 Å². The van der Waals surface area contributed by atoms with E-state index in [1.807, 2.05) is 6.07 Å². The van der Waals surface area contributed by atoms with Gasteiger partial charge in [0.15, 0.2) is 0 Å². The Bertz CT molecular complexity index is 591. The van der Waals surface area contributed by atoms with Crippen LogP contribution in [0.2, 0.25) is 0 Å². The van der Waals surface area contributed by atoms with Crippen LogP contribution < -0.4 is 10.2 Å². The second-order valence-electron chi connectivity index (χ2n) is 4.37. The summed E-state index contributed by atoms with van der Waals surface area (Å²) >= 11 is 1.11. The lowest BCUT2D eigenvalue weighted by Crippen LogP contribution is -2.14. The summed E-state index contributed by atoms with van der Waals surface area (Å²) in [6.07, 6.45) is 3.20. The first-order valence-electron chi connectivity index (χ1n) is 6.00. The summed E-state index contributed by atoms with van der Waals surface area (Å²) in [7, 11) is 0. The molecule has 1 aliphatic heterocycles. The molecule has 0 saturated carbocycles. The van der Waals surface area contributed by atoms with Crippen LogP contribution in [0.15, 0.2) is 34.4 Å². The highest BCUT2D eigenvalue weighted by Gasteiger charge is 2.18. The highest BCUT2D eigenvalue weighted by molar-refractivity contribution is 7.06. The van der Waals surface area contributed by atoms with Gasteiger partial charge in [-0.05, 0) is 30.9 Å². The maximum atomic E-state index is 11.0. The molecule has 1 unspecified atom stereocenters. The van der Waals surface area contributed by atoms with Crippen molar-refractivity contribution in [3.63, 3.8) is 0 Å². The van der Waals surface area contributed by atoms with Crippen molar-refractivity contribution in [2.24, 2.45) is 0 Å². The second kappa shape index (κ2) is 4.86. The Morgan fingerprint density at radius 1 is 1.28 bits per heavy atom. The number of rotatable bonds is 1. The molecular weight excluding hydrogens is 246 g/mol. The van der Waals surface area contributed by atoms with E-state index in [2.05, 4.69) is 33.7 Å². The van der Waals surface area contributed by atoms with Crippen LogP contribution in [0, 0.1) is 0 Å². The van der Waals surface area contributed by atoms with Crippen molar-refractivity contribution >= 4 is 17.0 Å². The van der Waals surface area contributed by atoms with E-state index in [-0.39, 0.29) is 10.9 Å². The molecule has 1 aromatic carbocycles. The molecule has 2 heterocycles. The van der Waals surface area contributed by atoms with Gasteiger partial charge in [0.05, 0.1) is 11.7 Å². The Morgan fingerprint density at radius 3 is 3.00 bits per heavy atom. The number of fused-ring (bicyclic) bond motifs is 1. The highest BCUT2D eigenvalue weighted by atomic mass is 32.1. The van der Waals surface area contributed by atoms with Crippen molar-refractivity contribution in [2.75, 3.05) is 5.32 Å². The molecule has 5 heteroatoms. The third-order valence-electron chi connectivity index (χ3n) is 3.17. The largest absolute Gasteiger partial charge is 0.376 e. The third-order valence-corrected chi connectivity index (χ3v) is 3.81. The summed E-state index contributed by atoms with van der Waals surface area (Å²) in [6, 6.07) is 8.49. The Hall–Kier alpha value is -1.75. The van der Waals surface area contributed by atoms with Crippen molar-refractivity contribution in [1.82, 2.24) is 10.2 Å². The normalized spacial score (nSPS) is 18.6. The summed E-state index contributed by atoms with van der Waals surface area (Å²) in [5.41, 5.74) is 3.37. The van der Waals surface area contributed by atoms with Gasteiger partial charge in [-0.15, -0.1) is 5.10 Å². The van der Waals surface area contributed by atoms with E-state index in [9.17, 15) is 4.79 Å². The third kappa shape index (κ3) is 2.26. The zero-order chi connectivity index (χ0) is 12.4. The molecule has 1 N–H and O–H groups in total. The van der Waals surface area contributed by atoms with E-state index in [0.717, 1.165) is 42.0 Å². The van der Waals surface area contributed by atoms with Crippen LogP contribution in [0.3, 0.4) is 0 Å². The Balaban J connectivity index is 1.91. The minimum atomic E-state index is -0.243. The number of nitrogens with one attached hydrogen (secondary N) is 1. The maximum absolute atomic E-state index is 11.0. The summed E-state index contributed by atoms with van der Waals surface area (Å²) < 4.78 is 0. The highest BCUT2D eigenvalue weighted by Crippen LogP contribution is 2.30. The lowest BCUT2D eigenvalue weighted by molar-refractivity contribution is 0.640. The summed E-state index contributed by atoms with van der Waals surface area (Å²) in [5, 5.41) is 12.9. The molecule has 1 atom stereocenters. The van der Waals surface area contributed by atoms with Gasteiger partial charge in [0, 0.05) is 11.1 Å². The van der Waals surface area contributed by atoms with Crippen molar-refractivity contribution < 1.29 is 0 Å². The first-order valence-corrected chi connectivity index (χ1v) is 6.88. The minimum Gasteiger partial charge on any atom is -0.376 e. The van der Waals surface area contributed by atoms with Crippen molar-refractivity contribution in [3.05, 3.63) is 50.6 Å². The van der Waals surface area contributed by atoms with Crippen LogP contribution in [0.25, 0.3) is 0 Å². The van der Waals surface area contributed by atoms with E-state index in [0.29, 0.717) is 0 Å². The van der Waals surface area contributed by atoms with Crippen LogP contribution >= 0.6 is 11.3 Å². The fourth-order valence-electron chi connectivity index (χ4n) is 2.27. The predicted octanol–water partition coefficient (Wildman–Crippen LogP) is 2.39.